The first-order valence-electron chi connectivity index (χ1n) is 7.80. The number of carbonyl (C=O) groups is 1. The molecule has 0 saturated heterocycles. The molecular formula is C19H18N4O. The van der Waals surface area contributed by atoms with E-state index in [0.717, 1.165) is 11.4 Å². The number of nitrogens with one attached hydrogen (secondary N) is 1. The first-order chi connectivity index (χ1) is 11.8. The zero-order chi connectivity index (χ0) is 16.8. The van der Waals surface area contributed by atoms with E-state index in [1.807, 2.05) is 72.5 Å². The molecule has 0 bridgehead atoms. The fourth-order valence-corrected chi connectivity index (χ4v) is 2.37. The second-order valence-corrected chi connectivity index (χ2v) is 5.14. The molecule has 1 N–H and O–H groups in total. The van der Waals surface area contributed by atoms with Crippen molar-refractivity contribution in [2.24, 2.45) is 0 Å². The fourth-order valence-electron chi connectivity index (χ4n) is 2.37. The smallest absolute Gasteiger partial charge is 0.274 e. The lowest BCUT2D eigenvalue weighted by Crippen LogP contribution is -2.21. The van der Waals surface area contributed by atoms with Gasteiger partial charge in [0.25, 0.3) is 5.91 Å². The Bertz CT molecular complexity index is 806. The maximum atomic E-state index is 12.4. The molecule has 0 aliphatic carbocycles. The van der Waals surface area contributed by atoms with Crippen molar-refractivity contribution >= 4 is 23.2 Å². The minimum Gasteiger partial charge on any atom is -0.321 e. The van der Waals surface area contributed by atoms with Crippen LogP contribution in [0.1, 0.15) is 17.4 Å². The minimum atomic E-state index is -0.256. The molecule has 2 aromatic carbocycles. The van der Waals surface area contributed by atoms with Gasteiger partial charge in [0.05, 0.1) is 0 Å². The quantitative estimate of drug-likeness (QED) is 0.775. The van der Waals surface area contributed by atoms with E-state index in [4.69, 9.17) is 0 Å². The molecule has 0 radical (unpaired) electrons. The summed E-state index contributed by atoms with van der Waals surface area (Å²) < 4.78 is 0. The van der Waals surface area contributed by atoms with Gasteiger partial charge in [-0.05, 0) is 37.3 Å². The molecular weight excluding hydrogens is 300 g/mol. The number of para-hydroxylation sites is 2. The first-order valence-corrected chi connectivity index (χ1v) is 7.80. The highest BCUT2D eigenvalue weighted by molar-refractivity contribution is 6.03. The van der Waals surface area contributed by atoms with Crippen LogP contribution in [0.4, 0.5) is 17.3 Å². The first kappa shape index (κ1) is 15.7. The second kappa shape index (κ2) is 7.37. The van der Waals surface area contributed by atoms with Crippen LogP contribution in [0.25, 0.3) is 0 Å². The van der Waals surface area contributed by atoms with Gasteiger partial charge in [-0.15, -0.1) is 0 Å². The predicted molar refractivity (Wildman–Crippen MR) is 95.5 cm³/mol. The van der Waals surface area contributed by atoms with Gasteiger partial charge in [-0.1, -0.05) is 36.4 Å². The van der Waals surface area contributed by atoms with Crippen LogP contribution in [0.2, 0.25) is 0 Å². The summed E-state index contributed by atoms with van der Waals surface area (Å²) >= 11 is 0. The number of rotatable bonds is 5. The predicted octanol–water partition coefficient (Wildman–Crippen LogP) is 3.89. The van der Waals surface area contributed by atoms with Crippen molar-refractivity contribution in [1.82, 2.24) is 9.97 Å². The van der Waals surface area contributed by atoms with E-state index in [1.54, 1.807) is 12.3 Å². The van der Waals surface area contributed by atoms with Crippen LogP contribution in [-0.4, -0.2) is 22.4 Å². The Morgan fingerprint density at radius 1 is 1.00 bits per heavy atom. The number of hydrogen-bond acceptors (Lipinski definition) is 4. The average Bonchev–Trinajstić information content (AvgIpc) is 2.64. The molecule has 5 heteroatoms. The summed E-state index contributed by atoms with van der Waals surface area (Å²) in [6, 6.07) is 20.8. The molecule has 1 amide bonds. The van der Waals surface area contributed by atoms with Crippen molar-refractivity contribution in [3.8, 4) is 0 Å². The summed E-state index contributed by atoms with van der Waals surface area (Å²) in [5.74, 6) is 0.248. The fraction of sp³-hybridized carbons (Fsp3) is 0.105. The summed E-state index contributed by atoms with van der Waals surface area (Å²) in [5.41, 5.74) is 2.05. The molecule has 5 nitrogen and oxygen atoms in total. The highest BCUT2D eigenvalue weighted by Crippen LogP contribution is 2.21. The molecule has 120 valence electrons. The van der Waals surface area contributed by atoms with Gasteiger partial charge < -0.3 is 10.2 Å². The SMILES string of the molecule is CCN(c1ccccc1)c1nccc(C(=O)Nc2ccccc2)n1. The number of aromatic nitrogens is 2. The number of hydrogen-bond donors (Lipinski definition) is 1. The summed E-state index contributed by atoms with van der Waals surface area (Å²) in [7, 11) is 0. The second-order valence-electron chi connectivity index (χ2n) is 5.14. The highest BCUT2D eigenvalue weighted by atomic mass is 16.1. The summed E-state index contributed by atoms with van der Waals surface area (Å²) in [6.45, 7) is 2.72. The average molecular weight is 318 g/mol. The van der Waals surface area contributed by atoms with Crippen LogP contribution in [-0.2, 0) is 0 Å². The lowest BCUT2D eigenvalue weighted by Gasteiger charge is -2.21. The molecule has 24 heavy (non-hydrogen) atoms. The Kier molecular flexibility index (Phi) is 4.81. The summed E-state index contributed by atoms with van der Waals surface area (Å²) in [4.78, 5) is 23.1. The van der Waals surface area contributed by atoms with Crippen molar-refractivity contribution in [2.45, 2.75) is 6.92 Å². The van der Waals surface area contributed by atoms with Crippen molar-refractivity contribution < 1.29 is 4.79 Å². The van der Waals surface area contributed by atoms with E-state index >= 15 is 0 Å². The normalized spacial score (nSPS) is 10.2. The monoisotopic (exact) mass is 318 g/mol. The Morgan fingerprint density at radius 3 is 2.33 bits per heavy atom. The number of carbonyl (C=O) groups excluding carboxylic acids is 1. The number of anilines is 3. The van der Waals surface area contributed by atoms with Crippen molar-refractivity contribution in [2.75, 3.05) is 16.8 Å². The Balaban J connectivity index is 1.84. The van der Waals surface area contributed by atoms with Crippen LogP contribution >= 0.6 is 0 Å². The van der Waals surface area contributed by atoms with E-state index in [1.165, 1.54) is 0 Å². The Hall–Kier alpha value is -3.21. The van der Waals surface area contributed by atoms with E-state index < -0.39 is 0 Å². The minimum absolute atomic E-state index is 0.256. The van der Waals surface area contributed by atoms with Gasteiger partial charge in [0.2, 0.25) is 5.95 Å². The Labute approximate surface area is 141 Å². The topological polar surface area (TPSA) is 58.1 Å². The van der Waals surface area contributed by atoms with Gasteiger partial charge in [-0.3, -0.25) is 4.79 Å². The summed E-state index contributed by atoms with van der Waals surface area (Å²) in [5, 5.41) is 2.83. The third-order valence-electron chi connectivity index (χ3n) is 3.53. The summed E-state index contributed by atoms with van der Waals surface area (Å²) in [6.07, 6.45) is 1.60. The maximum absolute atomic E-state index is 12.4. The van der Waals surface area contributed by atoms with Crippen LogP contribution in [0.3, 0.4) is 0 Å². The third kappa shape index (κ3) is 3.57. The standard InChI is InChI=1S/C19H18N4O/c1-2-23(16-11-7-4-8-12-16)19-20-14-13-17(22-19)18(24)21-15-9-5-3-6-10-15/h3-14H,2H2,1H3,(H,21,24). The van der Waals surface area contributed by atoms with Crippen molar-refractivity contribution in [3.63, 3.8) is 0 Å². The Morgan fingerprint density at radius 2 is 1.67 bits per heavy atom. The van der Waals surface area contributed by atoms with Crippen LogP contribution in [0.15, 0.2) is 72.9 Å². The highest BCUT2D eigenvalue weighted by Gasteiger charge is 2.14. The van der Waals surface area contributed by atoms with Gasteiger partial charge >= 0.3 is 0 Å². The van der Waals surface area contributed by atoms with E-state index in [2.05, 4.69) is 15.3 Å². The molecule has 0 aliphatic heterocycles. The van der Waals surface area contributed by atoms with Crippen LogP contribution in [0, 0.1) is 0 Å². The zero-order valence-electron chi connectivity index (χ0n) is 13.4. The zero-order valence-corrected chi connectivity index (χ0v) is 13.4. The number of amides is 1. The van der Waals surface area contributed by atoms with Gasteiger partial charge in [0.15, 0.2) is 0 Å². The molecule has 0 spiro atoms. The molecule has 0 unspecified atom stereocenters. The van der Waals surface area contributed by atoms with Gasteiger partial charge in [-0.25, -0.2) is 9.97 Å². The molecule has 0 aliphatic rings. The van der Waals surface area contributed by atoms with Gasteiger partial charge in [0, 0.05) is 24.1 Å². The van der Waals surface area contributed by atoms with Gasteiger partial charge in [-0.2, -0.15) is 0 Å². The molecule has 0 atom stereocenters. The van der Waals surface area contributed by atoms with E-state index in [9.17, 15) is 4.79 Å². The molecule has 1 heterocycles. The molecule has 1 aromatic heterocycles. The van der Waals surface area contributed by atoms with Gasteiger partial charge in [0.1, 0.15) is 5.69 Å². The van der Waals surface area contributed by atoms with Crippen molar-refractivity contribution in [1.29, 1.82) is 0 Å². The molecule has 0 saturated carbocycles. The third-order valence-corrected chi connectivity index (χ3v) is 3.53. The largest absolute Gasteiger partial charge is 0.321 e. The number of nitrogens with zero attached hydrogens (tertiary/aromatic N) is 3. The van der Waals surface area contributed by atoms with Crippen LogP contribution in [0.5, 0.6) is 0 Å². The van der Waals surface area contributed by atoms with Crippen LogP contribution < -0.4 is 10.2 Å². The lowest BCUT2D eigenvalue weighted by atomic mass is 10.3. The van der Waals surface area contributed by atoms with Crippen molar-refractivity contribution in [3.05, 3.63) is 78.6 Å². The lowest BCUT2D eigenvalue weighted by molar-refractivity contribution is 0.102. The number of benzene rings is 2. The molecule has 3 aromatic rings. The molecule has 0 fully saturated rings. The van der Waals surface area contributed by atoms with E-state index in [0.29, 0.717) is 18.2 Å². The van der Waals surface area contributed by atoms with E-state index in [-0.39, 0.29) is 5.91 Å². The maximum Gasteiger partial charge on any atom is 0.274 e. The molecule has 3 rings (SSSR count).